The van der Waals surface area contributed by atoms with E-state index >= 15 is 0 Å². The maximum Gasteiger partial charge on any atom is 0.191 e. The molecule has 0 atom stereocenters. The van der Waals surface area contributed by atoms with E-state index in [-0.39, 0.29) is 0 Å². The summed E-state index contributed by atoms with van der Waals surface area (Å²) >= 11 is 0. The smallest absolute Gasteiger partial charge is 0.191 e. The van der Waals surface area contributed by atoms with Crippen molar-refractivity contribution in [2.75, 3.05) is 7.05 Å². The second-order valence-electron chi connectivity index (χ2n) is 6.40. The van der Waals surface area contributed by atoms with E-state index in [2.05, 4.69) is 61.6 Å². The zero-order chi connectivity index (χ0) is 17.5. The fraction of sp³-hybridized carbons (Fsp3) is 0.526. The number of guanidine groups is 1. The Hall–Kier alpha value is -2.37. The summed E-state index contributed by atoms with van der Waals surface area (Å²) in [5.41, 5.74) is 2.68. The van der Waals surface area contributed by atoms with E-state index < -0.39 is 0 Å². The fourth-order valence-corrected chi connectivity index (χ4v) is 3.31. The molecule has 1 aliphatic rings. The first-order valence-corrected chi connectivity index (χ1v) is 9.24. The van der Waals surface area contributed by atoms with Crippen LogP contribution < -0.4 is 10.6 Å². The summed E-state index contributed by atoms with van der Waals surface area (Å²) in [4.78, 5) is 4.33. The van der Waals surface area contributed by atoms with Crippen LogP contribution in [0.4, 0.5) is 0 Å². The van der Waals surface area contributed by atoms with Gasteiger partial charge in [-0.2, -0.15) is 0 Å². The minimum absolute atomic E-state index is 0.641. The number of benzene rings is 1. The highest BCUT2D eigenvalue weighted by Gasteiger charge is 2.14. The molecule has 1 aliphatic heterocycles. The molecule has 0 spiro atoms. The Morgan fingerprint density at radius 2 is 1.88 bits per heavy atom. The molecule has 0 fully saturated rings. The third-order valence-electron chi connectivity index (χ3n) is 4.77. The van der Waals surface area contributed by atoms with Crippen molar-refractivity contribution in [1.29, 1.82) is 0 Å². The number of nitrogens with one attached hydrogen (secondary N) is 2. The van der Waals surface area contributed by atoms with Gasteiger partial charge in [-0.25, -0.2) is 0 Å². The van der Waals surface area contributed by atoms with Crippen LogP contribution in [0.1, 0.15) is 49.0 Å². The van der Waals surface area contributed by atoms with Crippen LogP contribution in [0.3, 0.4) is 0 Å². The van der Waals surface area contributed by atoms with Gasteiger partial charge in [0.05, 0.1) is 6.54 Å². The second kappa shape index (κ2) is 8.65. The van der Waals surface area contributed by atoms with Crippen molar-refractivity contribution in [3.05, 3.63) is 47.0 Å². The second-order valence-corrected chi connectivity index (χ2v) is 6.40. The average Bonchev–Trinajstić information content (AvgIpc) is 2.88. The molecule has 2 heterocycles. The van der Waals surface area contributed by atoms with Crippen molar-refractivity contribution in [2.24, 2.45) is 4.99 Å². The van der Waals surface area contributed by atoms with Crippen LogP contribution in [0.2, 0.25) is 0 Å². The zero-order valence-corrected chi connectivity index (χ0v) is 15.3. The zero-order valence-electron chi connectivity index (χ0n) is 15.3. The van der Waals surface area contributed by atoms with Gasteiger partial charge in [-0.1, -0.05) is 37.6 Å². The molecule has 6 nitrogen and oxygen atoms in total. The molecule has 3 rings (SSSR count). The van der Waals surface area contributed by atoms with E-state index in [1.165, 1.54) is 30.4 Å². The maximum absolute atomic E-state index is 4.36. The van der Waals surface area contributed by atoms with E-state index in [9.17, 15) is 0 Å². The Kier molecular flexibility index (Phi) is 6.04. The van der Waals surface area contributed by atoms with Crippen LogP contribution in [0.5, 0.6) is 0 Å². The highest BCUT2D eigenvalue weighted by atomic mass is 15.3. The van der Waals surface area contributed by atoms with Gasteiger partial charge in [0.1, 0.15) is 5.82 Å². The van der Waals surface area contributed by atoms with Crippen LogP contribution in [0.15, 0.2) is 29.3 Å². The molecule has 0 aliphatic carbocycles. The van der Waals surface area contributed by atoms with Crippen molar-refractivity contribution >= 4 is 5.96 Å². The molecule has 0 radical (unpaired) electrons. The Balaban J connectivity index is 1.57. The van der Waals surface area contributed by atoms with E-state index in [0.717, 1.165) is 43.5 Å². The normalized spacial score (nSPS) is 14.7. The lowest BCUT2D eigenvalue weighted by Gasteiger charge is -2.14. The molecule has 0 bridgehead atoms. The summed E-state index contributed by atoms with van der Waals surface area (Å²) < 4.78 is 2.26. The average molecular weight is 340 g/mol. The molecule has 1 aromatic carbocycles. The summed E-state index contributed by atoms with van der Waals surface area (Å²) in [7, 11) is 1.80. The van der Waals surface area contributed by atoms with Gasteiger partial charge in [-0.3, -0.25) is 4.99 Å². The quantitative estimate of drug-likeness (QED) is 0.648. The van der Waals surface area contributed by atoms with Crippen LogP contribution in [0.25, 0.3) is 0 Å². The SMILES string of the molecule is CCc1ccccc1CNC(=NC)NCc1nnc2n1CCCCC2. The van der Waals surface area contributed by atoms with Crippen molar-refractivity contribution in [2.45, 2.75) is 58.7 Å². The van der Waals surface area contributed by atoms with Gasteiger partial charge in [0.25, 0.3) is 0 Å². The van der Waals surface area contributed by atoms with Crippen molar-refractivity contribution in [3.8, 4) is 0 Å². The molecule has 0 saturated carbocycles. The molecule has 0 amide bonds. The first kappa shape index (κ1) is 17.5. The largest absolute Gasteiger partial charge is 0.352 e. The summed E-state index contributed by atoms with van der Waals surface area (Å²) in [6.07, 6.45) is 5.77. The topological polar surface area (TPSA) is 67.1 Å². The Morgan fingerprint density at radius 1 is 1.08 bits per heavy atom. The van der Waals surface area contributed by atoms with Crippen molar-refractivity contribution in [1.82, 2.24) is 25.4 Å². The van der Waals surface area contributed by atoms with E-state index in [0.29, 0.717) is 6.54 Å². The van der Waals surface area contributed by atoms with Gasteiger partial charge in [-0.15, -0.1) is 10.2 Å². The lowest BCUT2D eigenvalue weighted by molar-refractivity contribution is 0.596. The number of fused-ring (bicyclic) bond motifs is 1. The number of hydrogen-bond acceptors (Lipinski definition) is 3. The molecular formula is C19H28N6. The third kappa shape index (κ3) is 4.38. The summed E-state index contributed by atoms with van der Waals surface area (Å²) in [5.74, 6) is 2.90. The number of nitrogens with zero attached hydrogens (tertiary/aromatic N) is 4. The lowest BCUT2D eigenvalue weighted by atomic mass is 10.1. The first-order valence-electron chi connectivity index (χ1n) is 9.24. The third-order valence-corrected chi connectivity index (χ3v) is 4.77. The lowest BCUT2D eigenvalue weighted by Crippen LogP contribution is -2.37. The standard InChI is InChI=1S/C19H28N6/c1-3-15-9-6-7-10-16(15)13-21-19(20-2)22-14-18-24-23-17-11-5-4-8-12-25(17)18/h6-7,9-10H,3-5,8,11-14H2,1-2H3,(H2,20,21,22). The van der Waals surface area contributed by atoms with E-state index in [1.54, 1.807) is 7.05 Å². The van der Waals surface area contributed by atoms with Crippen LogP contribution in [0, 0.1) is 0 Å². The Labute approximate surface area is 149 Å². The van der Waals surface area contributed by atoms with Gasteiger partial charge < -0.3 is 15.2 Å². The monoisotopic (exact) mass is 340 g/mol. The summed E-state index contributed by atoms with van der Waals surface area (Å²) in [6, 6.07) is 8.51. The highest BCUT2D eigenvalue weighted by Crippen LogP contribution is 2.14. The van der Waals surface area contributed by atoms with E-state index in [1.807, 2.05) is 0 Å². The van der Waals surface area contributed by atoms with Crippen molar-refractivity contribution in [3.63, 3.8) is 0 Å². The molecule has 0 unspecified atom stereocenters. The number of aromatic nitrogens is 3. The van der Waals surface area contributed by atoms with E-state index in [4.69, 9.17) is 0 Å². The van der Waals surface area contributed by atoms with Crippen LogP contribution in [-0.2, 0) is 32.5 Å². The van der Waals surface area contributed by atoms with Gasteiger partial charge >= 0.3 is 0 Å². The molecule has 0 saturated heterocycles. The van der Waals surface area contributed by atoms with Crippen LogP contribution in [-0.4, -0.2) is 27.8 Å². The predicted molar refractivity (Wildman–Crippen MR) is 100 cm³/mol. The predicted octanol–water partition coefficient (Wildman–Crippen LogP) is 2.43. The minimum atomic E-state index is 0.641. The van der Waals surface area contributed by atoms with Crippen LogP contribution >= 0.6 is 0 Å². The molecule has 1 aromatic heterocycles. The van der Waals surface area contributed by atoms with Crippen molar-refractivity contribution < 1.29 is 0 Å². The summed E-state index contributed by atoms with van der Waals surface area (Å²) in [6.45, 7) is 4.61. The molecule has 6 heteroatoms. The Bertz CT molecular complexity index is 718. The minimum Gasteiger partial charge on any atom is -0.352 e. The van der Waals surface area contributed by atoms with Gasteiger partial charge in [0.2, 0.25) is 0 Å². The molecule has 2 N–H and O–H groups in total. The maximum atomic E-state index is 4.36. The van der Waals surface area contributed by atoms with Gasteiger partial charge in [0, 0.05) is 26.6 Å². The molecule has 2 aromatic rings. The molecular weight excluding hydrogens is 312 g/mol. The fourth-order valence-electron chi connectivity index (χ4n) is 3.31. The molecule has 134 valence electrons. The summed E-state index contributed by atoms with van der Waals surface area (Å²) in [5, 5.41) is 15.5. The number of aliphatic imine (C=N–C) groups is 1. The Morgan fingerprint density at radius 3 is 2.68 bits per heavy atom. The van der Waals surface area contributed by atoms with Gasteiger partial charge in [-0.05, 0) is 30.4 Å². The van der Waals surface area contributed by atoms with Gasteiger partial charge in [0.15, 0.2) is 11.8 Å². The number of rotatable bonds is 5. The molecule has 25 heavy (non-hydrogen) atoms. The highest BCUT2D eigenvalue weighted by molar-refractivity contribution is 5.79. The number of hydrogen-bond donors (Lipinski definition) is 2. The number of aryl methyl sites for hydroxylation is 2. The first-order chi connectivity index (χ1) is 12.3.